The molecule has 0 spiro atoms. The van der Waals surface area contributed by atoms with Gasteiger partial charge >= 0.3 is 5.97 Å². The molecule has 0 radical (unpaired) electrons. The fourth-order valence-corrected chi connectivity index (χ4v) is 14.5. The summed E-state index contributed by atoms with van der Waals surface area (Å²) in [5.41, 5.74) is -0.519. The maximum absolute atomic E-state index is 13.1. The second kappa shape index (κ2) is 16.5. The molecule has 7 fully saturated rings. The van der Waals surface area contributed by atoms with E-state index in [9.17, 15) is 50.8 Å². The van der Waals surface area contributed by atoms with E-state index < -0.39 is 103 Å². The molecule has 9 N–H and O–H groups in total. The van der Waals surface area contributed by atoms with Crippen LogP contribution in [0.5, 0.6) is 0 Å². The van der Waals surface area contributed by atoms with E-state index >= 15 is 0 Å². The van der Waals surface area contributed by atoms with Crippen molar-refractivity contribution in [2.24, 2.45) is 50.2 Å². The number of hydrogen-bond donors (Lipinski definition) is 9. The topological polar surface area (TPSA) is 255 Å². The van der Waals surface area contributed by atoms with Crippen molar-refractivity contribution in [3.8, 4) is 0 Å². The number of carboxylic acid groups (broad SMARTS) is 1. The van der Waals surface area contributed by atoms with Gasteiger partial charge in [-0.15, -0.1) is 0 Å². The number of rotatable bonds is 8. The Hall–Kier alpha value is -1.35. The van der Waals surface area contributed by atoms with Crippen LogP contribution in [0.15, 0.2) is 11.6 Å². The van der Waals surface area contributed by atoms with Gasteiger partial charge in [-0.05, 0) is 111 Å². The van der Waals surface area contributed by atoms with Crippen LogP contribution in [0.3, 0.4) is 0 Å². The fraction of sp³-hybridized carbons (Fsp3) is 0.935. The summed E-state index contributed by atoms with van der Waals surface area (Å²) in [6, 6.07) is 0. The van der Waals surface area contributed by atoms with Crippen molar-refractivity contribution in [3.05, 3.63) is 11.6 Å². The monoisotopic (exact) mass is 882 g/mol. The molecule has 16 nitrogen and oxygen atoms in total. The minimum Gasteiger partial charge on any atom is -0.481 e. The van der Waals surface area contributed by atoms with Crippen molar-refractivity contribution in [3.63, 3.8) is 0 Å². The van der Waals surface area contributed by atoms with Crippen molar-refractivity contribution in [1.82, 2.24) is 0 Å². The van der Waals surface area contributed by atoms with Crippen LogP contribution in [0.1, 0.15) is 113 Å². The zero-order valence-electron chi connectivity index (χ0n) is 37.5. The number of allylic oxidation sites excluding steroid dienone is 2. The van der Waals surface area contributed by atoms with Crippen molar-refractivity contribution in [2.75, 3.05) is 19.8 Å². The van der Waals surface area contributed by atoms with E-state index in [4.69, 9.17) is 28.4 Å². The van der Waals surface area contributed by atoms with E-state index in [-0.39, 0.29) is 59.2 Å². The van der Waals surface area contributed by atoms with Crippen molar-refractivity contribution >= 4 is 5.97 Å². The molecule has 5 aliphatic carbocycles. The lowest BCUT2D eigenvalue weighted by Crippen LogP contribution is -2.67. The Morgan fingerprint density at radius 3 is 2.03 bits per heavy atom. The van der Waals surface area contributed by atoms with Gasteiger partial charge in [0.1, 0.15) is 54.9 Å². The second-order valence-corrected chi connectivity index (χ2v) is 22.4. The number of ether oxygens (including phenoxy) is 6. The normalized spacial score (nSPS) is 55.1. The summed E-state index contributed by atoms with van der Waals surface area (Å²) in [4.78, 5) is 13.1. The van der Waals surface area contributed by atoms with Gasteiger partial charge in [-0.3, -0.25) is 4.79 Å². The standard InChI is InChI=1S/C46H74O16/c1-22-30(50)35(61-37-33(53)31(51)25(48)19-57-37)34(54)38(59-22)62-36-32(52)26(49)20-58-39(36)60-29-11-12-42(4)27(43(29,5)21-47)10-13-45(7)28(42)9-8-23-24-18-41(2,3)14-16-46(24,40(55)56)17-15-44(23,45)6/h8,22,24-39,47-54H,9-21H2,1-7H3,(H,55,56)/t22-,24-,25+,26-,27+,28+,29-,30-,31+,32-,33+,34+,35+,36+,37-,38-,39-,42-,43-,44+,45+,46-/m0/s1. The SMILES string of the molecule is C[C@@H]1O[C@@H](O[C@H]2[C@H](O[C@H]3CC[C@@]4(C)[C@@H](CC[C@]5(C)[C@@H]4CC=C4[C@@H]6CC(C)(C)CC[C@]6(C(=O)O)CC[C@]45C)[C@]3(C)CO)OC[C@H](O)[C@@H]2O)[C@H](O)[C@H](O[C@@H]2OC[C@@H](O)[C@@H](O)[C@H]2O)[C@H]1O. The second-order valence-electron chi connectivity index (χ2n) is 22.4. The van der Waals surface area contributed by atoms with Crippen LogP contribution >= 0.6 is 0 Å². The predicted octanol–water partition coefficient (Wildman–Crippen LogP) is 1.98. The molecule has 0 aromatic carbocycles. The molecule has 0 bridgehead atoms. The molecule has 4 saturated carbocycles. The average molecular weight is 883 g/mol. The largest absolute Gasteiger partial charge is 0.481 e. The zero-order valence-corrected chi connectivity index (χ0v) is 37.5. The van der Waals surface area contributed by atoms with Gasteiger partial charge in [-0.25, -0.2) is 0 Å². The first-order valence-corrected chi connectivity index (χ1v) is 23.1. The summed E-state index contributed by atoms with van der Waals surface area (Å²) in [7, 11) is 0. The molecular formula is C46H74O16. The number of hydrogen-bond acceptors (Lipinski definition) is 15. The first-order valence-electron chi connectivity index (χ1n) is 23.1. The Balaban J connectivity index is 1.02. The molecule has 8 aliphatic rings. The van der Waals surface area contributed by atoms with Crippen molar-refractivity contribution < 1.29 is 79.2 Å². The van der Waals surface area contributed by atoms with Gasteiger partial charge in [0.2, 0.25) is 0 Å². The lowest BCUT2D eigenvalue weighted by Gasteiger charge is -2.71. The van der Waals surface area contributed by atoms with Gasteiger partial charge in [0.25, 0.3) is 0 Å². The molecule has 0 aromatic heterocycles. The number of aliphatic hydroxyl groups excluding tert-OH is 8. The molecule has 0 amide bonds. The van der Waals surface area contributed by atoms with Crippen LogP contribution in [0.25, 0.3) is 0 Å². The first kappa shape index (κ1) is 47.2. The Kier molecular flexibility index (Phi) is 12.5. The van der Waals surface area contributed by atoms with E-state index in [1.54, 1.807) is 0 Å². The third kappa shape index (κ3) is 7.19. The lowest BCUT2D eigenvalue weighted by atomic mass is 9.33. The van der Waals surface area contributed by atoms with E-state index in [1.165, 1.54) is 12.5 Å². The number of aliphatic carboxylic acids is 1. The van der Waals surface area contributed by atoms with Crippen LogP contribution < -0.4 is 0 Å². The van der Waals surface area contributed by atoms with Crippen LogP contribution in [-0.4, -0.2) is 158 Å². The first-order chi connectivity index (χ1) is 29.0. The number of aliphatic hydroxyl groups is 8. The van der Waals surface area contributed by atoms with Gasteiger partial charge in [0, 0.05) is 5.41 Å². The van der Waals surface area contributed by atoms with E-state index in [0.717, 1.165) is 44.9 Å². The maximum Gasteiger partial charge on any atom is 0.310 e. The highest BCUT2D eigenvalue weighted by molar-refractivity contribution is 5.76. The number of carbonyl (C=O) groups is 1. The quantitative estimate of drug-likeness (QED) is 0.125. The summed E-state index contributed by atoms with van der Waals surface area (Å²) in [6.07, 6.45) is -9.19. The van der Waals surface area contributed by atoms with Crippen LogP contribution in [0.2, 0.25) is 0 Å². The summed E-state index contributed by atoms with van der Waals surface area (Å²) in [6.45, 7) is 14.5. The van der Waals surface area contributed by atoms with E-state index in [1.807, 2.05) is 0 Å². The third-order valence-electron chi connectivity index (χ3n) is 18.7. The lowest BCUT2D eigenvalue weighted by molar-refractivity contribution is -0.379. The summed E-state index contributed by atoms with van der Waals surface area (Å²) >= 11 is 0. The highest BCUT2D eigenvalue weighted by Crippen LogP contribution is 2.76. The molecular weight excluding hydrogens is 808 g/mol. The molecule has 0 aromatic rings. The third-order valence-corrected chi connectivity index (χ3v) is 18.7. The summed E-state index contributed by atoms with van der Waals surface area (Å²) in [5.74, 6) is -0.342. The summed E-state index contributed by atoms with van der Waals surface area (Å²) < 4.78 is 36.0. The van der Waals surface area contributed by atoms with Gasteiger partial charge < -0.3 is 74.4 Å². The van der Waals surface area contributed by atoms with Gasteiger partial charge in [0.15, 0.2) is 18.9 Å². The number of fused-ring (bicyclic) bond motifs is 7. The van der Waals surface area contributed by atoms with Crippen molar-refractivity contribution in [2.45, 2.75) is 199 Å². The molecule has 3 heterocycles. The van der Waals surface area contributed by atoms with Crippen molar-refractivity contribution in [1.29, 1.82) is 0 Å². The smallest absolute Gasteiger partial charge is 0.310 e. The highest BCUT2D eigenvalue weighted by atomic mass is 16.8. The van der Waals surface area contributed by atoms with Crippen LogP contribution in [-0.2, 0) is 33.2 Å². The maximum atomic E-state index is 13.1. The minimum atomic E-state index is -1.73. The van der Waals surface area contributed by atoms with Gasteiger partial charge in [0.05, 0.1) is 37.4 Å². The molecule has 3 saturated heterocycles. The Bertz CT molecular complexity index is 1690. The molecule has 8 rings (SSSR count). The number of carboxylic acids is 1. The Morgan fingerprint density at radius 1 is 0.710 bits per heavy atom. The minimum absolute atomic E-state index is 0.00631. The van der Waals surface area contributed by atoms with E-state index in [2.05, 4.69) is 47.6 Å². The predicted molar refractivity (Wildman–Crippen MR) is 219 cm³/mol. The Labute approximate surface area is 364 Å². The van der Waals surface area contributed by atoms with Gasteiger partial charge in [-0.2, -0.15) is 0 Å². The molecule has 0 unspecified atom stereocenters. The van der Waals surface area contributed by atoms with Crippen LogP contribution in [0, 0.1) is 50.2 Å². The molecule has 3 aliphatic heterocycles. The van der Waals surface area contributed by atoms with Gasteiger partial charge in [-0.1, -0.05) is 53.2 Å². The van der Waals surface area contributed by atoms with Crippen LogP contribution in [0.4, 0.5) is 0 Å². The molecule has 16 heteroatoms. The molecule has 354 valence electrons. The fourth-order valence-electron chi connectivity index (χ4n) is 14.5. The molecule has 62 heavy (non-hydrogen) atoms. The molecule has 22 atom stereocenters. The average Bonchev–Trinajstić information content (AvgIpc) is 3.21. The Morgan fingerprint density at radius 2 is 1.35 bits per heavy atom. The summed E-state index contributed by atoms with van der Waals surface area (Å²) in [5, 5.41) is 97.4. The zero-order chi connectivity index (χ0) is 45.1. The highest BCUT2D eigenvalue weighted by Gasteiger charge is 2.70. The van der Waals surface area contributed by atoms with E-state index in [0.29, 0.717) is 19.3 Å².